The highest BCUT2D eigenvalue weighted by Crippen LogP contribution is 2.27. The lowest BCUT2D eigenvalue weighted by atomic mass is 10.2. The minimum absolute atomic E-state index is 0.0114. The van der Waals surface area contributed by atoms with Gasteiger partial charge in [0.25, 0.3) is 0 Å². The molecule has 9 nitrogen and oxygen atoms in total. The molecule has 0 fully saturated rings. The van der Waals surface area contributed by atoms with Crippen molar-refractivity contribution in [2.24, 2.45) is 0 Å². The van der Waals surface area contributed by atoms with Crippen molar-refractivity contribution in [2.75, 3.05) is 13.2 Å². The number of hydrogen-bond donors (Lipinski definition) is 0. The summed E-state index contributed by atoms with van der Waals surface area (Å²) in [6.45, 7) is 6.30. The predicted molar refractivity (Wildman–Crippen MR) is 185 cm³/mol. The lowest BCUT2D eigenvalue weighted by molar-refractivity contribution is -0.0739. The van der Waals surface area contributed by atoms with Gasteiger partial charge >= 0.3 is 0 Å². The summed E-state index contributed by atoms with van der Waals surface area (Å²) >= 11 is 0. The summed E-state index contributed by atoms with van der Waals surface area (Å²) in [6, 6.07) is 34.7. The van der Waals surface area contributed by atoms with Crippen LogP contribution >= 0.6 is 0 Å². The highest BCUT2D eigenvalue weighted by Gasteiger charge is 2.19. The molecule has 49 heavy (non-hydrogen) atoms. The van der Waals surface area contributed by atoms with Crippen LogP contribution in [0.15, 0.2) is 147 Å². The van der Waals surface area contributed by atoms with Crippen LogP contribution in [0.4, 0.5) is 0 Å². The van der Waals surface area contributed by atoms with E-state index in [9.17, 15) is 16.8 Å². The third-order valence-corrected chi connectivity index (χ3v) is 10.7. The largest absolute Gasteiger partial charge is 0.491 e. The Morgan fingerprint density at radius 1 is 0.469 bits per heavy atom. The van der Waals surface area contributed by atoms with Gasteiger partial charge in [0.15, 0.2) is 6.29 Å². The molecule has 5 aromatic carbocycles. The van der Waals surface area contributed by atoms with Crippen LogP contribution in [-0.2, 0) is 31.0 Å². The van der Waals surface area contributed by atoms with Gasteiger partial charge in [-0.05, 0) is 123 Å². The van der Waals surface area contributed by atoms with Gasteiger partial charge in [-0.15, -0.1) is 0 Å². The van der Waals surface area contributed by atoms with Crippen molar-refractivity contribution in [1.82, 2.24) is 0 Å². The Morgan fingerprint density at radius 2 is 0.878 bits per heavy atom. The molecule has 5 rings (SSSR count). The van der Waals surface area contributed by atoms with Gasteiger partial charge in [-0.25, -0.2) is 16.8 Å². The van der Waals surface area contributed by atoms with Gasteiger partial charge in [-0.2, -0.15) is 0 Å². The molecule has 0 aliphatic heterocycles. The lowest BCUT2D eigenvalue weighted by Gasteiger charge is -2.16. The normalized spacial score (nSPS) is 12.3. The maximum atomic E-state index is 13.1. The van der Waals surface area contributed by atoms with Crippen molar-refractivity contribution in [3.05, 3.63) is 133 Å². The van der Waals surface area contributed by atoms with Gasteiger partial charge in [0.05, 0.1) is 32.3 Å². The van der Waals surface area contributed by atoms with E-state index in [0.717, 1.165) is 5.56 Å². The zero-order chi connectivity index (χ0) is 34.9. The average molecular weight is 703 g/mol. The first-order chi connectivity index (χ1) is 23.5. The molecule has 0 saturated carbocycles. The first-order valence-electron chi connectivity index (χ1n) is 15.7. The van der Waals surface area contributed by atoms with Crippen molar-refractivity contribution >= 4 is 19.7 Å². The zero-order valence-corrected chi connectivity index (χ0v) is 29.0. The summed E-state index contributed by atoms with van der Waals surface area (Å²) in [7, 11) is -7.43. The molecule has 0 bridgehead atoms. The van der Waals surface area contributed by atoms with Crippen molar-refractivity contribution in [3.8, 4) is 23.0 Å². The van der Waals surface area contributed by atoms with Gasteiger partial charge in [0.2, 0.25) is 19.7 Å². The highest BCUT2D eigenvalue weighted by molar-refractivity contribution is 7.91. The molecule has 0 amide bonds. The van der Waals surface area contributed by atoms with E-state index < -0.39 is 26.0 Å². The van der Waals surface area contributed by atoms with E-state index in [-0.39, 0.29) is 38.9 Å². The molecule has 5 aromatic rings. The van der Waals surface area contributed by atoms with E-state index >= 15 is 0 Å². The van der Waals surface area contributed by atoms with E-state index in [1.54, 1.807) is 55.5 Å². The second kappa shape index (κ2) is 16.0. The maximum absolute atomic E-state index is 13.1. The Hall–Kier alpha value is -4.84. The van der Waals surface area contributed by atoms with Crippen molar-refractivity contribution in [2.45, 2.75) is 59.4 Å². The molecule has 0 saturated heterocycles. The van der Waals surface area contributed by atoms with Crippen LogP contribution < -0.4 is 18.9 Å². The molecule has 0 aliphatic carbocycles. The Labute approximate surface area is 287 Å². The third kappa shape index (κ3) is 9.62. The van der Waals surface area contributed by atoms with Gasteiger partial charge in [-0.3, -0.25) is 0 Å². The topological polar surface area (TPSA) is 114 Å². The Morgan fingerprint density at radius 3 is 1.33 bits per heavy atom. The van der Waals surface area contributed by atoms with E-state index in [1.165, 1.54) is 48.5 Å². The zero-order valence-electron chi connectivity index (χ0n) is 27.4. The highest BCUT2D eigenvalue weighted by atomic mass is 32.2. The Kier molecular flexibility index (Phi) is 11.6. The second-order valence-corrected chi connectivity index (χ2v) is 15.1. The van der Waals surface area contributed by atoms with E-state index in [0.29, 0.717) is 29.6 Å². The lowest BCUT2D eigenvalue weighted by Crippen LogP contribution is -2.20. The molecule has 11 heteroatoms. The summed E-state index contributed by atoms with van der Waals surface area (Å²) < 4.78 is 80.9. The molecule has 256 valence electrons. The number of ether oxygens (including phenoxy) is 5. The predicted octanol–water partition coefficient (Wildman–Crippen LogP) is 7.54. The van der Waals surface area contributed by atoms with Gasteiger partial charge in [-0.1, -0.05) is 30.3 Å². The maximum Gasteiger partial charge on any atom is 0.206 e. The molecule has 0 spiro atoms. The van der Waals surface area contributed by atoms with Crippen molar-refractivity contribution in [3.63, 3.8) is 0 Å². The van der Waals surface area contributed by atoms with Gasteiger partial charge in [0, 0.05) is 0 Å². The first-order valence-corrected chi connectivity index (χ1v) is 18.6. The summed E-state index contributed by atoms with van der Waals surface area (Å²) in [5.41, 5.74) is 1.02. The van der Waals surface area contributed by atoms with Gasteiger partial charge < -0.3 is 23.7 Å². The molecular weight excluding hydrogens is 665 g/mol. The van der Waals surface area contributed by atoms with E-state index in [2.05, 4.69) is 0 Å². The standard InChI is InChI=1S/C38H38O9S2/c1-28(2)46-33-13-21-37(22-14-33)49(41,42)38-23-15-34(16-24-38)47-29(3)43-25-26-44-31-9-17-35(18-10-31)48(39,40)36-19-11-32(12-20-36)45-27-30-7-5-4-6-8-30/h4-24,28-29H,25-27H2,1-3H3. The van der Waals surface area contributed by atoms with Crippen LogP contribution in [0.25, 0.3) is 0 Å². The number of hydrogen-bond acceptors (Lipinski definition) is 9. The summed E-state index contributed by atoms with van der Waals surface area (Å²) in [5.74, 6) is 2.11. The van der Waals surface area contributed by atoms with E-state index in [1.807, 2.05) is 44.2 Å². The summed E-state index contributed by atoms with van der Waals surface area (Å²) in [4.78, 5) is 0.610. The van der Waals surface area contributed by atoms with Crippen LogP contribution in [0.3, 0.4) is 0 Å². The third-order valence-electron chi connectivity index (χ3n) is 7.16. The second-order valence-electron chi connectivity index (χ2n) is 11.2. The van der Waals surface area contributed by atoms with Crippen LogP contribution in [0.5, 0.6) is 23.0 Å². The van der Waals surface area contributed by atoms with E-state index in [4.69, 9.17) is 23.7 Å². The summed E-state index contributed by atoms with van der Waals surface area (Å²) in [5, 5.41) is 0. The number of rotatable bonds is 16. The number of sulfone groups is 2. The SMILES string of the molecule is CC(C)Oc1ccc(S(=O)(=O)c2ccc(OC(C)OCCOc3ccc(S(=O)(=O)c4ccc(OCc5ccccc5)cc4)cc3)cc2)cc1. The van der Waals surface area contributed by atoms with Crippen molar-refractivity contribution in [1.29, 1.82) is 0 Å². The Bertz CT molecular complexity index is 1990. The van der Waals surface area contributed by atoms with Crippen LogP contribution in [0.1, 0.15) is 26.3 Å². The van der Waals surface area contributed by atoms with Gasteiger partial charge in [0.1, 0.15) is 36.2 Å². The molecule has 0 heterocycles. The quantitative estimate of drug-likeness (QED) is 0.0760. The van der Waals surface area contributed by atoms with Crippen LogP contribution in [0.2, 0.25) is 0 Å². The Balaban J connectivity index is 1.06. The fraction of sp³-hybridized carbons (Fsp3) is 0.211. The molecule has 0 aromatic heterocycles. The minimum atomic E-state index is -3.73. The molecule has 0 N–H and O–H groups in total. The molecule has 0 radical (unpaired) electrons. The monoisotopic (exact) mass is 702 g/mol. The number of benzene rings is 5. The minimum Gasteiger partial charge on any atom is -0.491 e. The molecular formula is C38H38O9S2. The molecule has 1 unspecified atom stereocenters. The van der Waals surface area contributed by atoms with Crippen LogP contribution in [0, 0.1) is 0 Å². The fourth-order valence-electron chi connectivity index (χ4n) is 4.71. The average Bonchev–Trinajstić information content (AvgIpc) is 3.10. The smallest absolute Gasteiger partial charge is 0.206 e. The summed E-state index contributed by atoms with van der Waals surface area (Å²) in [6.07, 6.45) is -0.648. The molecule has 1 atom stereocenters. The first kappa shape index (κ1) is 35.5. The van der Waals surface area contributed by atoms with Crippen LogP contribution in [-0.4, -0.2) is 42.4 Å². The van der Waals surface area contributed by atoms with Crippen molar-refractivity contribution < 1.29 is 40.5 Å². The molecule has 0 aliphatic rings. The fourth-order valence-corrected chi connectivity index (χ4v) is 7.23.